The average molecular weight is 353 g/mol. The lowest BCUT2D eigenvalue weighted by atomic mass is 10.1. The van der Waals surface area contributed by atoms with Crippen molar-refractivity contribution in [3.8, 4) is 0 Å². The van der Waals surface area contributed by atoms with Crippen molar-refractivity contribution in [2.45, 2.75) is 44.0 Å². The Hall–Kier alpha value is -1.44. The second kappa shape index (κ2) is 8.09. The van der Waals surface area contributed by atoms with Gasteiger partial charge < -0.3 is 10.2 Å². The zero-order valence-electron chi connectivity index (χ0n) is 14.6. The van der Waals surface area contributed by atoms with E-state index < -0.39 is 10.0 Å². The minimum Gasteiger partial charge on any atom is -0.353 e. The third kappa shape index (κ3) is 5.29. The van der Waals surface area contributed by atoms with Crippen LogP contribution in [0.1, 0.15) is 30.4 Å². The molecular weight excluding hydrogens is 326 g/mol. The summed E-state index contributed by atoms with van der Waals surface area (Å²) < 4.78 is 27.0. The fourth-order valence-corrected chi connectivity index (χ4v) is 3.83. The lowest BCUT2D eigenvalue weighted by molar-refractivity contribution is -0.121. The lowest BCUT2D eigenvalue weighted by Gasteiger charge is -2.29. The van der Waals surface area contributed by atoms with E-state index in [9.17, 15) is 13.2 Å². The van der Waals surface area contributed by atoms with Crippen molar-refractivity contribution in [2.75, 3.05) is 26.7 Å². The first kappa shape index (κ1) is 18.9. The highest BCUT2D eigenvalue weighted by Crippen LogP contribution is 2.14. The van der Waals surface area contributed by atoms with Gasteiger partial charge in [-0.3, -0.25) is 4.79 Å². The molecule has 2 N–H and O–H groups in total. The van der Waals surface area contributed by atoms with Gasteiger partial charge in [0.05, 0.1) is 4.90 Å². The molecule has 7 heteroatoms. The van der Waals surface area contributed by atoms with Crippen molar-refractivity contribution < 1.29 is 13.2 Å². The Balaban J connectivity index is 1.80. The van der Waals surface area contributed by atoms with E-state index in [4.69, 9.17) is 0 Å². The Morgan fingerprint density at radius 3 is 2.50 bits per heavy atom. The van der Waals surface area contributed by atoms with Gasteiger partial charge in [0, 0.05) is 19.0 Å². The SMILES string of the molecule is Cc1ccc(S(=O)(=O)NCCC(=O)NC2CCN(C)CC2)cc1C. The van der Waals surface area contributed by atoms with Crippen LogP contribution in [-0.4, -0.2) is 51.9 Å². The first-order valence-corrected chi connectivity index (χ1v) is 9.81. The van der Waals surface area contributed by atoms with Gasteiger partial charge in [-0.2, -0.15) is 0 Å². The van der Waals surface area contributed by atoms with Crippen molar-refractivity contribution in [1.29, 1.82) is 0 Å². The standard InChI is InChI=1S/C17H27N3O3S/c1-13-4-5-16(12-14(13)2)24(22,23)18-9-6-17(21)19-15-7-10-20(3)11-8-15/h4-5,12,15,18H,6-11H2,1-3H3,(H,19,21). The molecule has 1 fully saturated rings. The Morgan fingerprint density at radius 1 is 1.21 bits per heavy atom. The molecule has 0 radical (unpaired) electrons. The van der Waals surface area contributed by atoms with Crippen molar-refractivity contribution in [2.24, 2.45) is 0 Å². The molecule has 1 aliphatic heterocycles. The predicted molar refractivity (Wildman–Crippen MR) is 94.4 cm³/mol. The molecule has 0 atom stereocenters. The number of nitrogens with zero attached hydrogens (tertiary/aromatic N) is 1. The number of carbonyl (C=O) groups is 1. The molecule has 134 valence electrons. The highest BCUT2D eigenvalue weighted by atomic mass is 32.2. The van der Waals surface area contributed by atoms with E-state index in [1.54, 1.807) is 18.2 Å². The number of likely N-dealkylation sites (tertiary alicyclic amines) is 1. The number of hydrogen-bond donors (Lipinski definition) is 2. The molecule has 1 aliphatic rings. The molecule has 0 bridgehead atoms. The van der Waals surface area contributed by atoms with Gasteiger partial charge in [-0.1, -0.05) is 6.07 Å². The maximum absolute atomic E-state index is 12.3. The summed E-state index contributed by atoms with van der Waals surface area (Å²) in [5, 5.41) is 2.98. The van der Waals surface area contributed by atoms with Gasteiger partial charge in [-0.05, 0) is 70.1 Å². The van der Waals surface area contributed by atoms with Gasteiger partial charge in [-0.25, -0.2) is 13.1 Å². The second-order valence-corrected chi connectivity index (χ2v) is 8.31. The van der Waals surface area contributed by atoms with E-state index in [1.165, 1.54) is 0 Å². The molecule has 6 nitrogen and oxygen atoms in total. The molecule has 1 saturated heterocycles. The van der Waals surface area contributed by atoms with Crippen molar-refractivity contribution in [3.05, 3.63) is 29.3 Å². The van der Waals surface area contributed by atoms with E-state index in [1.807, 2.05) is 13.8 Å². The van der Waals surface area contributed by atoms with Gasteiger partial charge in [0.2, 0.25) is 15.9 Å². The van der Waals surface area contributed by atoms with Gasteiger partial charge in [0.1, 0.15) is 0 Å². The largest absolute Gasteiger partial charge is 0.353 e. The van der Waals surface area contributed by atoms with E-state index in [0.29, 0.717) is 0 Å². The van der Waals surface area contributed by atoms with Crippen LogP contribution in [0.5, 0.6) is 0 Å². The Morgan fingerprint density at radius 2 is 1.88 bits per heavy atom. The van der Waals surface area contributed by atoms with Crippen LogP contribution >= 0.6 is 0 Å². The first-order chi connectivity index (χ1) is 11.3. The van der Waals surface area contributed by atoms with Gasteiger partial charge in [0.25, 0.3) is 0 Å². The highest BCUT2D eigenvalue weighted by Gasteiger charge is 2.19. The number of hydrogen-bond acceptors (Lipinski definition) is 4. The summed E-state index contributed by atoms with van der Waals surface area (Å²) in [7, 11) is -1.50. The van der Waals surface area contributed by atoms with Gasteiger partial charge in [0.15, 0.2) is 0 Å². The normalized spacial score (nSPS) is 17.0. The molecule has 0 spiro atoms. The van der Waals surface area contributed by atoms with Gasteiger partial charge in [-0.15, -0.1) is 0 Å². The van der Waals surface area contributed by atoms with Crippen LogP contribution < -0.4 is 10.0 Å². The maximum atomic E-state index is 12.3. The Labute approximate surface area is 144 Å². The summed E-state index contributed by atoms with van der Waals surface area (Å²) in [6, 6.07) is 5.22. The van der Waals surface area contributed by atoms with Crippen LogP contribution in [0.3, 0.4) is 0 Å². The first-order valence-electron chi connectivity index (χ1n) is 8.33. The summed E-state index contributed by atoms with van der Waals surface area (Å²) in [5.74, 6) is -0.104. The summed E-state index contributed by atoms with van der Waals surface area (Å²) >= 11 is 0. The van der Waals surface area contributed by atoms with E-state index in [2.05, 4.69) is 22.0 Å². The van der Waals surface area contributed by atoms with Crippen LogP contribution in [-0.2, 0) is 14.8 Å². The maximum Gasteiger partial charge on any atom is 0.240 e. The molecule has 2 rings (SSSR count). The van der Waals surface area contributed by atoms with E-state index in [-0.39, 0.29) is 29.8 Å². The number of amides is 1. The molecule has 1 heterocycles. The zero-order valence-corrected chi connectivity index (χ0v) is 15.4. The van der Waals surface area contributed by atoms with Gasteiger partial charge >= 0.3 is 0 Å². The highest BCUT2D eigenvalue weighted by molar-refractivity contribution is 7.89. The summed E-state index contributed by atoms with van der Waals surface area (Å²) in [6.07, 6.45) is 2.03. The number of nitrogens with one attached hydrogen (secondary N) is 2. The predicted octanol–water partition coefficient (Wildman–Crippen LogP) is 1.18. The molecule has 24 heavy (non-hydrogen) atoms. The zero-order chi connectivity index (χ0) is 17.7. The fourth-order valence-electron chi connectivity index (χ4n) is 2.72. The van der Waals surface area contributed by atoms with Crippen molar-refractivity contribution in [1.82, 2.24) is 14.9 Å². The quantitative estimate of drug-likeness (QED) is 0.805. The Bertz CT molecular complexity index is 680. The molecular formula is C17H27N3O3S. The molecule has 1 aromatic carbocycles. The number of benzene rings is 1. The smallest absolute Gasteiger partial charge is 0.240 e. The minimum absolute atomic E-state index is 0.104. The second-order valence-electron chi connectivity index (χ2n) is 6.54. The van der Waals surface area contributed by atoms with Crippen LogP contribution in [0.2, 0.25) is 0 Å². The fraction of sp³-hybridized carbons (Fsp3) is 0.588. The number of rotatable bonds is 6. The van der Waals surface area contributed by atoms with Crippen molar-refractivity contribution in [3.63, 3.8) is 0 Å². The van der Waals surface area contributed by atoms with Crippen LogP contribution in [0.4, 0.5) is 0 Å². The number of carbonyl (C=O) groups excluding carboxylic acids is 1. The lowest BCUT2D eigenvalue weighted by Crippen LogP contribution is -2.44. The third-order valence-electron chi connectivity index (χ3n) is 4.52. The average Bonchev–Trinajstić information content (AvgIpc) is 2.52. The molecule has 0 aromatic heterocycles. The molecule has 0 unspecified atom stereocenters. The van der Waals surface area contributed by atoms with Crippen LogP contribution in [0.25, 0.3) is 0 Å². The summed E-state index contributed by atoms with van der Waals surface area (Å²) in [4.78, 5) is 14.4. The van der Waals surface area contributed by atoms with Crippen LogP contribution in [0, 0.1) is 13.8 Å². The third-order valence-corrected chi connectivity index (χ3v) is 5.98. The number of aryl methyl sites for hydroxylation is 2. The monoisotopic (exact) mass is 353 g/mol. The van der Waals surface area contributed by atoms with Crippen molar-refractivity contribution >= 4 is 15.9 Å². The number of piperidine rings is 1. The summed E-state index contributed by atoms with van der Waals surface area (Å²) in [6.45, 7) is 5.87. The van der Waals surface area contributed by atoms with E-state index >= 15 is 0 Å². The minimum atomic E-state index is -3.57. The van der Waals surface area contributed by atoms with E-state index in [0.717, 1.165) is 37.1 Å². The van der Waals surface area contributed by atoms with Crippen LogP contribution in [0.15, 0.2) is 23.1 Å². The topological polar surface area (TPSA) is 78.5 Å². The number of sulfonamides is 1. The molecule has 0 aliphatic carbocycles. The Kier molecular flexibility index (Phi) is 6.37. The molecule has 1 amide bonds. The molecule has 1 aromatic rings. The molecule has 0 saturated carbocycles. The summed E-state index contributed by atoms with van der Waals surface area (Å²) in [5.41, 5.74) is 1.98.